The normalized spacial score (nSPS) is 11.1. The highest BCUT2D eigenvalue weighted by Crippen LogP contribution is 2.36. The lowest BCUT2D eigenvalue weighted by atomic mass is 9.92. The van der Waals surface area contributed by atoms with Gasteiger partial charge in [0.05, 0.1) is 25.3 Å². The fraction of sp³-hybridized carbons (Fsp3) is 0.111. The van der Waals surface area contributed by atoms with Crippen molar-refractivity contribution < 1.29 is 14.3 Å². The smallest absolute Gasteiger partial charge is 0.188 e. The minimum atomic E-state index is -0.152. The van der Waals surface area contributed by atoms with E-state index in [1.807, 2.05) is 73.7 Å². The number of ether oxygens (including phenoxy) is 2. The number of carbonyl (C=O) groups excluding carboxylic acids is 1. The van der Waals surface area contributed by atoms with Gasteiger partial charge in [-0.3, -0.25) is 9.78 Å². The summed E-state index contributed by atoms with van der Waals surface area (Å²) in [6.45, 7) is 1.85. The standard InChI is InChI=1S/C27H22ClNO3/c1-17-25(23(30)15-12-19-10-7-11-24(31-2)27(19)32-3)26(18-8-5-4-6-9-18)21-16-20(28)13-14-22(21)29-17/h4-16H,1-3H3/b15-12+. The number of halogens is 1. The monoisotopic (exact) mass is 443 g/mol. The van der Waals surface area contributed by atoms with Gasteiger partial charge in [-0.15, -0.1) is 0 Å². The number of pyridine rings is 1. The number of hydrogen-bond acceptors (Lipinski definition) is 4. The van der Waals surface area contributed by atoms with E-state index in [0.717, 1.165) is 27.6 Å². The number of carbonyl (C=O) groups is 1. The first-order chi connectivity index (χ1) is 15.5. The van der Waals surface area contributed by atoms with Gasteiger partial charge in [0.25, 0.3) is 0 Å². The Balaban J connectivity index is 1.89. The summed E-state index contributed by atoms with van der Waals surface area (Å²) in [4.78, 5) is 18.2. The second-order valence-electron chi connectivity index (χ2n) is 7.26. The van der Waals surface area contributed by atoms with Crippen LogP contribution in [0, 0.1) is 6.92 Å². The molecule has 160 valence electrons. The van der Waals surface area contributed by atoms with Gasteiger partial charge in [-0.05, 0) is 48.9 Å². The van der Waals surface area contributed by atoms with Crippen molar-refractivity contribution >= 4 is 34.4 Å². The Morgan fingerprint density at radius 1 is 0.969 bits per heavy atom. The summed E-state index contributed by atoms with van der Waals surface area (Å²) < 4.78 is 10.8. The number of benzene rings is 3. The summed E-state index contributed by atoms with van der Waals surface area (Å²) in [7, 11) is 3.16. The number of para-hydroxylation sites is 1. The van der Waals surface area contributed by atoms with Crippen LogP contribution >= 0.6 is 11.6 Å². The summed E-state index contributed by atoms with van der Waals surface area (Å²) in [5, 5.41) is 1.43. The van der Waals surface area contributed by atoms with Crippen LogP contribution in [0.5, 0.6) is 11.5 Å². The molecule has 0 radical (unpaired) electrons. The molecule has 32 heavy (non-hydrogen) atoms. The second-order valence-corrected chi connectivity index (χ2v) is 7.69. The van der Waals surface area contributed by atoms with Gasteiger partial charge in [-0.2, -0.15) is 0 Å². The molecule has 1 heterocycles. The maximum absolute atomic E-state index is 13.5. The zero-order valence-corrected chi connectivity index (χ0v) is 18.8. The molecule has 0 saturated heterocycles. The number of allylic oxidation sites excluding steroid dienone is 1. The molecule has 0 aliphatic carbocycles. The van der Waals surface area contributed by atoms with Crippen LogP contribution in [0.25, 0.3) is 28.1 Å². The van der Waals surface area contributed by atoms with Crippen molar-refractivity contribution in [3.05, 3.63) is 94.6 Å². The topological polar surface area (TPSA) is 48.4 Å². The van der Waals surface area contributed by atoms with Crippen LogP contribution in [0.3, 0.4) is 0 Å². The minimum absolute atomic E-state index is 0.152. The van der Waals surface area contributed by atoms with E-state index in [1.165, 1.54) is 0 Å². The van der Waals surface area contributed by atoms with Gasteiger partial charge < -0.3 is 9.47 Å². The van der Waals surface area contributed by atoms with Crippen molar-refractivity contribution in [2.75, 3.05) is 14.2 Å². The zero-order valence-electron chi connectivity index (χ0n) is 18.1. The third-order valence-corrected chi connectivity index (χ3v) is 5.52. The van der Waals surface area contributed by atoms with Crippen LogP contribution < -0.4 is 9.47 Å². The van der Waals surface area contributed by atoms with Crippen LogP contribution in [-0.4, -0.2) is 25.0 Å². The molecule has 0 atom stereocenters. The first-order valence-electron chi connectivity index (χ1n) is 10.1. The number of nitrogens with zero attached hydrogens (tertiary/aromatic N) is 1. The molecular formula is C27H22ClNO3. The second kappa shape index (κ2) is 9.25. The average Bonchev–Trinajstić information content (AvgIpc) is 2.82. The molecule has 0 saturated carbocycles. The van der Waals surface area contributed by atoms with Crippen LogP contribution in [0.2, 0.25) is 5.02 Å². The largest absolute Gasteiger partial charge is 0.493 e. The molecule has 0 amide bonds. The highest BCUT2D eigenvalue weighted by atomic mass is 35.5. The van der Waals surface area contributed by atoms with Crippen LogP contribution in [0.15, 0.2) is 72.8 Å². The number of rotatable bonds is 6. The summed E-state index contributed by atoms with van der Waals surface area (Å²) >= 11 is 6.30. The molecule has 1 aromatic heterocycles. The predicted octanol–water partition coefficient (Wildman–Crippen LogP) is 6.78. The number of aromatic nitrogens is 1. The Labute approximate surface area is 192 Å². The van der Waals surface area contributed by atoms with Gasteiger partial charge >= 0.3 is 0 Å². The van der Waals surface area contributed by atoms with E-state index in [9.17, 15) is 4.79 Å². The van der Waals surface area contributed by atoms with E-state index < -0.39 is 0 Å². The lowest BCUT2D eigenvalue weighted by molar-refractivity contribution is 0.104. The zero-order chi connectivity index (χ0) is 22.7. The van der Waals surface area contributed by atoms with Gasteiger partial charge in [0.15, 0.2) is 17.3 Å². The summed E-state index contributed by atoms with van der Waals surface area (Å²) in [5.74, 6) is 1.02. The molecule has 3 aromatic carbocycles. The molecule has 0 fully saturated rings. The fourth-order valence-corrected chi connectivity index (χ4v) is 4.03. The predicted molar refractivity (Wildman–Crippen MR) is 130 cm³/mol. The number of hydrogen-bond donors (Lipinski definition) is 0. The maximum atomic E-state index is 13.5. The molecule has 0 aliphatic heterocycles. The van der Waals surface area contributed by atoms with E-state index >= 15 is 0 Å². The molecule has 4 aromatic rings. The molecule has 0 N–H and O–H groups in total. The van der Waals surface area contributed by atoms with Crippen molar-refractivity contribution in [2.24, 2.45) is 0 Å². The minimum Gasteiger partial charge on any atom is -0.493 e. The van der Waals surface area contributed by atoms with Gasteiger partial charge in [-0.25, -0.2) is 0 Å². The summed E-state index contributed by atoms with van der Waals surface area (Å²) in [5.41, 5.74) is 4.50. The Kier molecular flexibility index (Phi) is 6.24. The summed E-state index contributed by atoms with van der Waals surface area (Å²) in [6.07, 6.45) is 3.28. The quantitative estimate of drug-likeness (QED) is 0.243. The number of ketones is 1. The maximum Gasteiger partial charge on any atom is 0.188 e. The van der Waals surface area contributed by atoms with Crippen LogP contribution in [-0.2, 0) is 0 Å². The van der Waals surface area contributed by atoms with Gasteiger partial charge in [0.2, 0.25) is 0 Å². The van der Waals surface area contributed by atoms with Crippen molar-refractivity contribution in [3.8, 4) is 22.6 Å². The van der Waals surface area contributed by atoms with Crippen molar-refractivity contribution in [1.29, 1.82) is 0 Å². The van der Waals surface area contributed by atoms with E-state index in [2.05, 4.69) is 4.98 Å². The highest BCUT2D eigenvalue weighted by molar-refractivity contribution is 6.31. The Hall–Kier alpha value is -3.63. The highest BCUT2D eigenvalue weighted by Gasteiger charge is 2.19. The Bertz CT molecular complexity index is 1330. The van der Waals surface area contributed by atoms with Crippen LogP contribution in [0.1, 0.15) is 21.6 Å². The number of methoxy groups -OCH3 is 2. The van der Waals surface area contributed by atoms with Crippen molar-refractivity contribution in [1.82, 2.24) is 4.98 Å². The number of aryl methyl sites for hydroxylation is 1. The Morgan fingerprint density at radius 2 is 1.75 bits per heavy atom. The molecule has 0 aliphatic rings. The third-order valence-electron chi connectivity index (χ3n) is 5.28. The van der Waals surface area contributed by atoms with E-state index in [1.54, 1.807) is 26.4 Å². The molecule has 0 spiro atoms. The van der Waals surface area contributed by atoms with Gasteiger partial charge in [0, 0.05) is 27.2 Å². The average molecular weight is 444 g/mol. The fourth-order valence-electron chi connectivity index (χ4n) is 3.86. The van der Waals surface area contributed by atoms with Gasteiger partial charge in [0.1, 0.15) is 0 Å². The first-order valence-corrected chi connectivity index (χ1v) is 10.5. The number of fused-ring (bicyclic) bond motifs is 1. The lowest BCUT2D eigenvalue weighted by Crippen LogP contribution is -2.05. The molecule has 4 rings (SSSR count). The SMILES string of the molecule is COc1cccc(/C=C/C(=O)c2c(C)nc3ccc(Cl)cc3c2-c2ccccc2)c1OC. The van der Waals surface area contributed by atoms with Crippen LogP contribution in [0.4, 0.5) is 0 Å². The Morgan fingerprint density at radius 3 is 2.47 bits per heavy atom. The summed E-state index contributed by atoms with van der Waals surface area (Å²) in [6, 6.07) is 20.9. The van der Waals surface area contributed by atoms with Crippen molar-refractivity contribution in [2.45, 2.75) is 6.92 Å². The molecule has 5 heteroatoms. The van der Waals surface area contributed by atoms with E-state index in [-0.39, 0.29) is 5.78 Å². The first kappa shape index (κ1) is 21.6. The third kappa shape index (κ3) is 4.10. The van der Waals surface area contributed by atoms with E-state index in [0.29, 0.717) is 27.8 Å². The molecule has 0 unspecified atom stereocenters. The molecule has 0 bridgehead atoms. The lowest BCUT2D eigenvalue weighted by Gasteiger charge is -2.14. The van der Waals surface area contributed by atoms with E-state index in [4.69, 9.17) is 21.1 Å². The molecular weight excluding hydrogens is 422 g/mol. The van der Waals surface area contributed by atoms with Crippen molar-refractivity contribution in [3.63, 3.8) is 0 Å². The van der Waals surface area contributed by atoms with Gasteiger partial charge in [-0.1, -0.05) is 54.1 Å². The molecule has 4 nitrogen and oxygen atoms in total.